The average Bonchev–Trinajstić information content (AvgIpc) is 2.84. The minimum atomic E-state index is -4.64. The van der Waals surface area contributed by atoms with E-state index in [4.69, 9.17) is 14.8 Å². The van der Waals surface area contributed by atoms with Crippen LogP contribution in [-0.4, -0.2) is 54.8 Å². The molecule has 0 aliphatic rings. The van der Waals surface area contributed by atoms with Gasteiger partial charge in [-0.05, 0) is 49.6 Å². The minimum absolute atomic E-state index is 0.535. The van der Waals surface area contributed by atoms with Crippen LogP contribution in [0, 0.1) is 0 Å². The number of hydrogen-bond acceptors (Lipinski definition) is 4. The summed E-state index contributed by atoms with van der Waals surface area (Å²) in [5.74, 6) is -2.99. The highest BCUT2D eigenvalue weighted by molar-refractivity contribution is 7.85. The summed E-state index contributed by atoms with van der Waals surface area (Å²) in [4.78, 5) is 20.4. The van der Waals surface area contributed by atoms with Gasteiger partial charge in [0.2, 0.25) is 0 Å². The van der Waals surface area contributed by atoms with Crippen LogP contribution in [0.1, 0.15) is 80.0 Å². The van der Waals surface area contributed by atoms with E-state index in [9.17, 15) is 18.0 Å². The number of carboxylic acid groups (broad SMARTS) is 2. The molecule has 0 saturated heterocycles. The van der Waals surface area contributed by atoms with Gasteiger partial charge in [0.25, 0.3) is 10.1 Å². The third-order valence-corrected chi connectivity index (χ3v) is 6.65. The quantitative estimate of drug-likeness (QED) is 0.233. The van der Waals surface area contributed by atoms with E-state index in [-0.39, 0.29) is 0 Å². The summed E-state index contributed by atoms with van der Waals surface area (Å²) in [5.41, 5.74) is 0.456. The first-order chi connectivity index (χ1) is 16.5. The summed E-state index contributed by atoms with van der Waals surface area (Å²) < 4.78 is 31.4. The lowest BCUT2D eigenvalue weighted by atomic mass is 10.1. The molecule has 0 atom stereocenters. The Balaban J connectivity index is 0.000000355. The lowest BCUT2D eigenvalue weighted by molar-refractivity contribution is 0.0696. The zero-order valence-electron chi connectivity index (χ0n) is 20.8. The van der Waals surface area contributed by atoms with E-state index in [0.29, 0.717) is 12.1 Å². The van der Waals surface area contributed by atoms with E-state index in [0.717, 1.165) is 6.07 Å². The summed E-state index contributed by atoms with van der Waals surface area (Å²) in [5, 5.41) is 17.2. The molecule has 0 unspecified atom stereocenters. The maximum atomic E-state index is 10.8. The van der Waals surface area contributed by atoms with Gasteiger partial charge in [0.15, 0.2) is 0 Å². The van der Waals surface area contributed by atoms with Crippen LogP contribution in [0.15, 0.2) is 53.4 Å². The molecule has 9 heteroatoms. The Morgan fingerprint density at radius 3 is 1.46 bits per heavy atom. The van der Waals surface area contributed by atoms with Crippen molar-refractivity contribution < 1.29 is 32.8 Å². The van der Waals surface area contributed by atoms with Gasteiger partial charge in [-0.15, -0.1) is 0 Å². The van der Waals surface area contributed by atoms with Crippen LogP contribution in [0.5, 0.6) is 0 Å². The van der Waals surface area contributed by atoms with Gasteiger partial charge in [0.05, 0.1) is 35.7 Å². The van der Waals surface area contributed by atoms with Gasteiger partial charge in [0, 0.05) is 0 Å². The van der Waals surface area contributed by atoms with Gasteiger partial charge in [0.1, 0.15) is 5.69 Å². The number of para-hydroxylation sites is 1. The molecule has 194 valence electrons. The zero-order valence-corrected chi connectivity index (χ0v) is 21.6. The van der Waals surface area contributed by atoms with Crippen molar-refractivity contribution in [3.63, 3.8) is 0 Å². The smallest absolute Gasteiger partial charge is 0.335 e. The molecule has 0 amide bonds. The molecule has 0 aliphatic carbocycles. The van der Waals surface area contributed by atoms with Crippen molar-refractivity contribution in [3.05, 3.63) is 59.7 Å². The minimum Gasteiger partial charge on any atom is -0.478 e. The second-order valence-electron chi connectivity index (χ2n) is 8.54. The first-order valence-corrected chi connectivity index (χ1v) is 13.5. The van der Waals surface area contributed by atoms with Crippen LogP contribution in [-0.2, 0) is 10.1 Å². The molecule has 2 aromatic carbocycles. The van der Waals surface area contributed by atoms with E-state index in [2.05, 4.69) is 51.1 Å². The highest BCUT2D eigenvalue weighted by atomic mass is 32.2. The fourth-order valence-corrected chi connectivity index (χ4v) is 4.40. The number of rotatable bonds is 13. The van der Waals surface area contributed by atoms with Crippen LogP contribution < -0.4 is 4.48 Å². The molecular weight excluding hydrogens is 470 g/mol. The number of benzene rings is 2. The van der Waals surface area contributed by atoms with Gasteiger partial charge < -0.3 is 10.2 Å². The molecule has 0 radical (unpaired) electrons. The number of quaternary nitrogens is 1. The van der Waals surface area contributed by atoms with Crippen LogP contribution >= 0.6 is 0 Å². The summed E-state index contributed by atoms with van der Waals surface area (Å²) in [7, 11) is -4.64. The Morgan fingerprint density at radius 1 is 0.743 bits per heavy atom. The van der Waals surface area contributed by atoms with E-state index in [1.165, 1.54) is 68.3 Å². The summed E-state index contributed by atoms with van der Waals surface area (Å²) in [6.45, 7) is 10.8. The van der Waals surface area contributed by atoms with E-state index < -0.39 is 38.1 Å². The third-order valence-electron chi connectivity index (χ3n) is 5.82. The zero-order chi connectivity index (χ0) is 26.5. The Hall–Kier alpha value is -2.75. The molecule has 0 fully saturated rings. The molecule has 0 aromatic heterocycles. The Morgan fingerprint density at radius 2 is 1.14 bits per heavy atom. The summed E-state index contributed by atoms with van der Waals surface area (Å²) >= 11 is 0. The van der Waals surface area contributed by atoms with Crippen LogP contribution in [0.3, 0.4) is 0 Å². The highest BCUT2D eigenvalue weighted by Gasteiger charge is 2.28. The van der Waals surface area contributed by atoms with Crippen molar-refractivity contribution in [1.82, 2.24) is 4.48 Å². The summed E-state index contributed by atoms with van der Waals surface area (Å²) in [6, 6.07) is 13.3. The maximum Gasteiger partial charge on any atom is 0.335 e. The SMILES string of the molecule is CCCC[N+](CCCC)(CCCC)c1ccccc1.O=C(O)c1cc(C(=O)O)cc(S(=O)(=O)O)c1. The van der Waals surface area contributed by atoms with Gasteiger partial charge >= 0.3 is 11.9 Å². The molecule has 2 rings (SSSR count). The lowest BCUT2D eigenvalue weighted by Crippen LogP contribution is -2.51. The van der Waals surface area contributed by atoms with E-state index >= 15 is 0 Å². The van der Waals surface area contributed by atoms with Crippen LogP contribution in [0.25, 0.3) is 0 Å². The van der Waals surface area contributed by atoms with Crippen LogP contribution in [0.2, 0.25) is 0 Å². The first-order valence-electron chi connectivity index (χ1n) is 12.0. The molecule has 35 heavy (non-hydrogen) atoms. The van der Waals surface area contributed by atoms with Gasteiger partial charge in [-0.2, -0.15) is 8.42 Å². The second kappa shape index (κ2) is 14.6. The molecule has 3 N–H and O–H groups in total. The standard InChI is InChI=1S/C18H32N.C8H6O7S/c1-4-7-15-19(16-8-5-2,17-9-6-3)18-13-11-10-12-14-18;9-7(10)4-1-5(8(11)12)3-6(2-4)16(13,14)15/h10-14H,4-9,15-17H2,1-3H3;1-3H,(H,9,10)(H,11,12)(H,13,14,15)/q+1;. The normalized spacial score (nSPS) is 11.4. The molecular formula is C26H38NO7S+. The maximum absolute atomic E-state index is 10.8. The highest BCUT2D eigenvalue weighted by Crippen LogP contribution is 2.26. The lowest BCUT2D eigenvalue weighted by Gasteiger charge is -2.38. The monoisotopic (exact) mass is 508 g/mol. The van der Waals surface area contributed by atoms with Gasteiger partial charge in [-0.25, -0.2) is 9.59 Å². The largest absolute Gasteiger partial charge is 0.478 e. The topological polar surface area (TPSA) is 129 Å². The average molecular weight is 509 g/mol. The first kappa shape index (κ1) is 30.3. The van der Waals surface area contributed by atoms with Crippen molar-refractivity contribution >= 4 is 27.7 Å². The number of hydrogen-bond donors (Lipinski definition) is 3. The predicted octanol–water partition coefficient (Wildman–Crippen LogP) is 5.72. The van der Waals surface area contributed by atoms with E-state index in [1.807, 2.05) is 0 Å². The fraction of sp³-hybridized carbons (Fsp3) is 0.462. The van der Waals surface area contributed by atoms with Crippen molar-refractivity contribution in [2.24, 2.45) is 0 Å². The van der Waals surface area contributed by atoms with Crippen molar-refractivity contribution in [3.8, 4) is 0 Å². The number of nitrogens with zero attached hydrogens (tertiary/aromatic N) is 1. The molecule has 0 heterocycles. The van der Waals surface area contributed by atoms with Crippen molar-refractivity contribution in [1.29, 1.82) is 0 Å². The van der Waals surface area contributed by atoms with Gasteiger partial charge in [-0.3, -0.25) is 9.04 Å². The van der Waals surface area contributed by atoms with Crippen LogP contribution in [0.4, 0.5) is 5.69 Å². The summed E-state index contributed by atoms with van der Waals surface area (Å²) in [6.07, 6.45) is 7.90. The molecule has 0 spiro atoms. The number of aromatic carboxylic acids is 2. The molecule has 0 bridgehead atoms. The molecule has 8 nitrogen and oxygen atoms in total. The van der Waals surface area contributed by atoms with Gasteiger partial charge in [-0.1, -0.05) is 58.2 Å². The molecule has 0 aliphatic heterocycles. The Labute approximate surface area is 208 Å². The fourth-order valence-electron chi connectivity index (χ4n) is 3.84. The Bertz CT molecular complexity index is 999. The van der Waals surface area contributed by atoms with Crippen molar-refractivity contribution in [2.45, 2.75) is 64.2 Å². The second-order valence-corrected chi connectivity index (χ2v) is 9.97. The number of unbranched alkanes of at least 4 members (excludes halogenated alkanes) is 3. The third kappa shape index (κ3) is 9.79. The predicted molar refractivity (Wildman–Crippen MR) is 138 cm³/mol. The Kier molecular flexibility index (Phi) is 12.6. The number of carboxylic acids is 2. The van der Waals surface area contributed by atoms with Crippen molar-refractivity contribution in [2.75, 3.05) is 19.6 Å². The number of carbonyl (C=O) groups is 2. The van der Waals surface area contributed by atoms with E-state index in [1.54, 1.807) is 0 Å². The molecule has 0 saturated carbocycles. The molecule has 2 aromatic rings.